The fraction of sp³-hybridized carbons (Fsp3) is 0.486. The van der Waals surface area contributed by atoms with Gasteiger partial charge in [-0.05, 0) is 17.4 Å². The van der Waals surface area contributed by atoms with Crippen LogP contribution in [0.1, 0.15) is 116 Å². The monoisotopic (exact) mass is 628 g/mol. The van der Waals surface area contributed by atoms with Crippen LogP contribution in [0, 0.1) is 6.07 Å². The van der Waals surface area contributed by atoms with Gasteiger partial charge in [-0.15, -0.1) is 5.56 Å². The Balaban J connectivity index is 0.000000684. The molecule has 3 aromatic rings. The number of halogens is 2. The summed E-state index contributed by atoms with van der Waals surface area (Å²) in [5.74, 6) is 0. The van der Waals surface area contributed by atoms with Crippen molar-refractivity contribution in [3.63, 3.8) is 0 Å². The fourth-order valence-electron chi connectivity index (χ4n) is 4.16. The van der Waals surface area contributed by atoms with Gasteiger partial charge in [0.15, 0.2) is 0 Å². The number of hydrogen-bond acceptors (Lipinski definition) is 0. The molecule has 0 saturated carbocycles. The summed E-state index contributed by atoms with van der Waals surface area (Å²) in [4.78, 5) is 0. The van der Waals surface area contributed by atoms with Crippen LogP contribution < -0.4 is 24.8 Å². The van der Waals surface area contributed by atoms with E-state index >= 15 is 0 Å². The molecule has 0 aliphatic heterocycles. The van der Waals surface area contributed by atoms with Crippen molar-refractivity contribution >= 4 is 3.21 Å². The van der Waals surface area contributed by atoms with Gasteiger partial charge in [0, 0.05) is 0 Å². The van der Waals surface area contributed by atoms with Crippen LogP contribution in [0.15, 0.2) is 48.5 Å². The molecule has 0 aromatic heterocycles. The maximum absolute atomic E-state index is 3.53. The van der Waals surface area contributed by atoms with Crippen molar-refractivity contribution in [3.8, 4) is 11.1 Å². The number of benzene rings is 2. The molecular weight excluding hydrogens is 583 g/mol. The van der Waals surface area contributed by atoms with E-state index in [-0.39, 0.29) is 35.6 Å². The number of fused-ring (bicyclic) bond motifs is 3. The Bertz CT molecular complexity index is 1110. The molecule has 0 spiro atoms. The summed E-state index contributed by atoms with van der Waals surface area (Å²) in [6.07, 6.45) is 2.18. The first-order valence-corrected chi connectivity index (χ1v) is 14.6. The first-order chi connectivity index (χ1) is 16.4. The SMILES string of the molecule is CC(C)(C)c1c[c-]c2c(c1)-c1cc(C(C)(C)C)ccc1C2.CCc1cc(C(C)(C)C)c[cH-]1.C[C](C)=[Zr+2].[Cl-].[Cl-]. The van der Waals surface area contributed by atoms with Crippen LogP contribution in [-0.4, -0.2) is 3.21 Å². The van der Waals surface area contributed by atoms with Crippen molar-refractivity contribution in [1.29, 1.82) is 0 Å². The standard InChI is InChI=1S/C21H25.C11H17.C3H6.2ClH.Zr/c1-20(2,3)16-9-7-14-11-15-8-10-17(21(4,5)6)13-19(15)18(14)12-16;1-5-9-6-7-10(8-9)11(2,3)4;1-3-2;;;/h7,9-10,12-13H,11H2,1-6H3;6-8H,5H2,1-4H3;1-2H3;2*1H;/q2*-1;;;;+2/p-2. The molecule has 0 fully saturated rings. The quantitative estimate of drug-likeness (QED) is 0.282. The average molecular weight is 631 g/mol. The van der Waals surface area contributed by atoms with E-state index in [1.165, 1.54) is 47.7 Å². The molecule has 0 heterocycles. The molecule has 0 N–H and O–H groups in total. The minimum absolute atomic E-state index is 0. The Hall–Kier alpha value is -0.877. The third kappa shape index (κ3) is 10.6. The Labute approximate surface area is 261 Å². The molecule has 0 nitrogen and oxygen atoms in total. The molecule has 3 heteroatoms. The minimum Gasteiger partial charge on any atom is -1.00 e. The predicted molar refractivity (Wildman–Crippen MR) is 157 cm³/mol. The van der Waals surface area contributed by atoms with Gasteiger partial charge in [-0.25, -0.2) is 6.07 Å². The van der Waals surface area contributed by atoms with Gasteiger partial charge in [0.25, 0.3) is 0 Å². The van der Waals surface area contributed by atoms with Crippen molar-refractivity contribution in [2.24, 2.45) is 0 Å². The summed E-state index contributed by atoms with van der Waals surface area (Å²) in [5, 5.41) is 0. The third-order valence-electron chi connectivity index (χ3n) is 6.62. The Kier molecular flexibility index (Phi) is 14.3. The largest absolute Gasteiger partial charge is 1.00 e. The smallest absolute Gasteiger partial charge is 1.00 e. The zero-order valence-electron chi connectivity index (χ0n) is 25.8. The van der Waals surface area contributed by atoms with Crippen molar-refractivity contribution in [3.05, 3.63) is 88.0 Å². The second kappa shape index (κ2) is 14.7. The van der Waals surface area contributed by atoms with Gasteiger partial charge in [-0.1, -0.05) is 116 Å². The molecule has 0 radical (unpaired) electrons. The van der Waals surface area contributed by atoms with Gasteiger partial charge < -0.3 is 24.8 Å². The van der Waals surface area contributed by atoms with E-state index in [9.17, 15) is 0 Å². The van der Waals surface area contributed by atoms with Crippen molar-refractivity contribution < 1.29 is 49.0 Å². The van der Waals surface area contributed by atoms with Crippen LogP contribution in [0.3, 0.4) is 0 Å². The Morgan fingerprint density at radius 2 is 1.29 bits per heavy atom. The van der Waals surface area contributed by atoms with Crippen LogP contribution in [0.25, 0.3) is 11.1 Å². The fourth-order valence-corrected chi connectivity index (χ4v) is 4.16. The summed E-state index contributed by atoms with van der Waals surface area (Å²) in [7, 11) is 0. The van der Waals surface area contributed by atoms with Crippen molar-refractivity contribution in [2.45, 2.75) is 112 Å². The number of rotatable bonds is 1. The van der Waals surface area contributed by atoms with E-state index in [4.69, 9.17) is 0 Å². The summed E-state index contributed by atoms with van der Waals surface area (Å²) in [6.45, 7) is 26.8. The van der Waals surface area contributed by atoms with E-state index in [1.54, 1.807) is 24.2 Å². The molecule has 0 bridgehead atoms. The normalized spacial score (nSPS) is 11.9. The second-order valence-electron chi connectivity index (χ2n) is 13.4. The van der Waals surface area contributed by atoms with Gasteiger partial charge in [-0.2, -0.15) is 52.6 Å². The third-order valence-corrected chi connectivity index (χ3v) is 6.62. The summed E-state index contributed by atoms with van der Waals surface area (Å²) in [6, 6.07) is 21.8. The molecule has 3 aromatic carbocycles. The Morgan fingerprint density at radius 1 is 0.789 bits per heavy atom. The maximum Gasteiger partial charge on any atom is -1.00 e. The summed E-state index contributed by atoms with van der Waals surface area (Å²) < 4.78 is 1.51. The van der Waals surface area contributed by atoms with Gasteiger partial charge in [0.05, 0.1) is 0 Å². The summed E-state index contributed by atoms with van der Waals surface area (Å²) >= 11 is 1.55. The van der Waals surface area contributed by atoms with Gasteiger partial charge in [0.1, 0.15) is 0 Å². The molecule has 4 rings (SSSR count). The zero-order chi connectivity index (χ0) is 27.5. The molecular formula is C35H48Cl2Zr-2. The molecule has 0 amide bonds. The minimum atomic E-state index is 0. The van der Waals surface area contributed by atoms with Crippen molar-refractivity contribution in [1.82, 2.24) is 0 Å². The van der Waals surface area contributed by atoms with Crippen molar-refractivity contribution in [2.75, 3.05) is 0 Å². The topological polar surface area (TPSA) is 0 Å². The second-order valence-corrected chi connectivity index (χ2v) is 15.9. The first kappa shape index (κ1) is 37.1. The Morgan fingerprint density at radius 3 is 1.71 bits per heavy atom. The van der Waals surface area contributed by atoms with E-state index in [0.29, 0.717) is 5.41 Å². The predicted octanol–water partition coefficient (Wildman–Crippen LogP) is 3.67. The molecule has 0 saturated heterocycles. The number of aryl methyl sites for hydroxylation is 1. The van der Waals surface area contributed by atoms with E-state index in [0.717, 1.165) is 12.8 Å². The zero-order valence-corrected chi connectivity index (χ0v) is 29.8. The average Bonchev–Trinajstić information content (AvgIpc) is 3.36. The molecule has 0 atom stereocenters. The molecule has 1 aliphatic carbocycles. The number of hydrogen-bond donors (Lipinski definition) is 0. The maximum atomic E-state index is 3.53. The van der Waals surface area contributed by atoms with E-state index < -0.39 is 0 Å². The van der Waals surface area contributed by atoms with Crippen LogP contribution in [0.2, 0.25) is 0 Å². The molecule has 0 unspecified atom stereocenters. The van der Waals surface area contributed by atoms with Crippen LogP contribution in [0.4, 0.5) is 0 Å². The summed E-state index contributed by atoms with van der Waals surface area (Å²) in [5.41, 5.74) is 12.0. The molecule has 38 heavy (non-hydrogen) atoms. The van der Waals surface area contributed by atoms with Crippen LogP contribution in [0.5, 0.6) is 0 Å². The molecule has 1 aliphatic rings. The van der Waals surface area contributed by atoms with Gasteiger partial charge >= 0.3 is 41.3 Å². The van der Waals surface area contributed by atoms with Crippen LogP contribution >= 0.6 is 0 Å². The first-order valence-electron chi connectivity index (χ1n) is 13.4. The molecule has 208 valence electrons. The van der Waals surface area contributed by atoms with E-state index in [1.807, 2.05) is 0 Å². The van der Waals surface area contributed by atoms with Gasteiger partial charge in [0.2, 0.25) is 0 Å². The van der Waals surface area contributed by atoms with Crippen LogP contribution in [-0.2, 0) is 53.3 Å². The van der Waals surface area contributed by atoms with Gasteiger partial charge in [-0.3, -0.25) is 0 Å². The van der Waals surface area contributed by atoms with E-state index in [2.05, 4.69) is 138 Å².